The van der Waals surface area contributed by atoms with Crippen molar-refractivity contribution in [3.63, 3.8) is 0 Å². The smallest absolute Gasteiger partial charge is 0.254 e. The first-order valence-electron chi connectivity index (χ1n) is 10.3. The average molecular weight is 423 g/mol. The zero-order valence-corrected chi connectivity index (χ0v) is 17.6. The molecule has 1 amide bonds. The lowest BCUT2D eigenvalue weighted by molar-refractivity contribution is 0.0746. The van der Waals surface area contributed by atoms with E-state index in [1.165, 1.54) is 6.33 Å². The monoisotopic (exact) mass is 423 g/mol. The Balaban J connectivity index is 1.39. The van der Waals surface area contributed by atoms with Gasteiger partial charge in [0.05, 0.1) is 13.2 Å². The number of hydrogen-bond acceptors (Lipinski definition) is 8. The molecule has 10 nitrogen and oxygen atoms in total. The number of piperazine rings is 1. The standard InChI is InChI=1S/C21H25N7O3/c1-3-30-17-6-5-16(13-18(17)31-4-2)21(29)27-11-9-26(10-12-27)19-7-8-20(25-24-19)28-15-22-14-23-28/h5-8,13-15H,3-4,9-12H2,1-2H3. The largest absolute Gasteiger partial charge is 0.490 e. The fourth-order valence-electron chi connectivity index (χ4n) is 3.44. The minimum atomic E-state index is -0.0173. The minimum Gasteiger partial charge on any atom is -0.490 e. The number of aromatic nitrogens is 5. The van der Waals surface area contributed by atoms with Crippen molar-refractivity contribution in [3.05, 3.63) is 48.5 Å². The summed E-state index contributed by atoms with van der Waals surface area (Å²) in [5, 5.41) is 12.6. The van der Waals surface area contributed by atoms with E-state index in [0.29, 0.717) is 62.3 Å². The number of carbonyl (C=O) groups excluding carboxylic acids is 1. The predicted octanol–water partition coefficient (Wildman–Crippen LogP) is 1.82. The van der Waals surface area contributed by atoms with Gasteiger partial charge in [-0.2, -0.15) is 5.10 Å². The highest BCUT2D eigenvalue weighted by Gasteiger charge is 2.24. The van der Waals surface area contributed by atoms with Crippen LogP contribution in [0.1, 0.15) is 24.2 Å². The van der Waals surface area contributed by atoms with Crippen LogP contribution in [0.25, 0.3) is 5.82 Å². The Morgan fingerprint density at radius 2 is 1.65 bits per heavy atom. The minimum absolute atomic E-state index is 0.0173. The Kier molecular flexibility index (Phi) is 6.25. The highest BCUT2D eigenvalue weighted by molar-refractivity contribution is 5.95. The summed E-state index contributed by atoms with van der Waals surface area (Å²) >= 11 is 0. The normalized spacial score (nSPS) is 13.9. The average Bonchev–Trinajstić information content (AvgIpc) is 3.35. The molecule has 0 bridgehead atoms. The molecule has 4 rings (SSSR count). The molecule has 162 valence electrons. The number of hydrogen-bond donors (Lipinski definition) is 0. The SMILES string of the molecule is CCOc1ccc(C(=O)N2CCN(c3ccc(-n4cncn4)nn3)CC2)cc1OCC. The molecule has 1 saturated heterocycles. The number of anilines is 1. The first kappa shape index (κ1) is 20.6. The van der Waals surface area contributed by atoms with Crippen LogP contribution in [-0.4, -0.2) is 75.2 Å². The van der Waals surface area contributed by atoms with E-state index in [2.05, 4.69) is 25.2 Å². The van der Waals surface area contributed by atoms with Crippen LogP contribution in [0.2, 0.25) is 0 Å². The molecule has 0 saturated carbocycles. The number of ether oxygens (including phenoxy) is 2. The fourth-order valence-corrected chi connectivity index (χ4v) is 3.44. The van der Waals surface area contributed by atoms with Crippen molar-refractivity contribution >= 4 is 11.7 Å². The Morgan fingerprint density at radius 1 is 0.935 bits per heavy atom. The van der Waals surface area contributed by atoms with E-state index in [0.717, 1.165) is 5.82 Å². The van der Waals surface area contributed by atoms with Crippen LogP contribution in [-0.2, 0) is 0 Å². The van der Waals surface area contributed by atoms with Crippen LogP contribution in [0.4, 0.5) is 5.82 Å². The maximum Gasteiger partial charge on any atom is 0.254 e. The van der Waals surface area contributed by atoms with Gasteiger partial charge in [0.2, 0.25) is 0 Å². The molecule has 0 aliphatic carbocycles. The number of benzene rings is 1. The molecule has 0 spiro atoms. The summed E-state index contributed by atoms with van der Waals surface area (Å²) in [4.78, 5) is 20.9. The molecule has 1 aliphatic heterocycles. The molecule has 0 atom stereocenters. The summed E-state index contributed by atoms with van der Waals surface area (Å²) in [7, 11) is 0. The molecule has 3 heterocycles. The van der Waals surface area contributed by atoms with Gasteiger partial charge in [0.1, 0.15) is 12.7 Å². The second kappa shape index (κ2) is 9.41. The first-order chi connectivity index (χ1) is 15.2. The Bertz CT molecular complexity index is 1000. The maximum absolute atomic E-state index is 13.0. The molecular weight excluding hydrogens is 398 g/mol. The second-order valence-electron chi connectivity index (χ2n) is 6.90. The number of carbonyl (C=O) groups is 1. The van der Waals surface area contributed by atoms with Gasteiger partial charge in [0, 0.05) is 31.7 Å². The van der Waals surface area contributed by atoms with Crippen molar-refractivity contribution < 1.29 is 14.3 Å². The number of nitrogens with zero attached hydrogens (tertiary/aromatic N) is 7. The zero-order valence-electron chi connectivity index (χ0n) is 17.6. The number of amides is 1. The van der Waals surface area contributed by atoms with Crippen LogP contribution in [0.15, 0.2) is 43.0 Å². The summed E-state index contributed by atoms with van der Waals surface area (Å²) in [5.74, 6) is 2.61. The summed E-state index contributed by atoms with van der Waals surface area (Å²) in [6.07, 6.45) is 3.03. The van der Waals surface area contributed by atoms with Crippen molar-refractivity contribution in [2.45, 2.75) is 13.8 Å². The lowest BCUT2D eigenvalue weighted by Crippen LogP contribution is -2.49. The van der Waals surface area contributed by atoms with E-state index in [1.807, 2.05) is 30.9 Å². The van der Waals surface area contributed by atoms with E-state index < -0.39 is 0 Å². The van der Waals surface area contributed by atoms with Crippen LogP contribution < -0.4 is 14.4 Å². The van der Waals surface area contributed by atoms with Crippen LogP contribution in [0, 0.1) is 0 Å². The van der Waals surface area contributed by atoms with E-state index in [-0.39, 0.29) is 5.91 Å². The Hall–Kier alpha value is -3.69. The lowest BCUT2D eigenvalue weighted by Gasteiger charge is -2.35. The fraction of sp³-hybridized carbons (Fsp3) is 0.381. The van der Waals surface area contributed by atoms with Gasteiger partial charge in [0.25, 0.3) is 5.91 Å². The third-order valence-corrected chi connectivity index (χ3v) is 4.97. The Labute approximate surface area is 180 Å². The third-order valence-electron chi connectivity index (χ3n) is 4.97. The molecule has 1 fully saturated rings. The maximum atomic E-state index is 13.0. The van der Waals surface area contributed by atoms with Gasteiger partial charge in [-0.15, -0.1) is 10.2 Å². The number of rotatable bonds is 7. The first-order valence-corrected chi connectivity index (χ1v) is 10.3. The predicted molar refractivity (Wildman–Crippen MR) is 114 cm³/mol. The van der Waals surface area contributed by atoms with Gasteiger partial charge in [-0.3, -0.25) is 4.79 Å². The Morgan fingerprint density at radius 3 is 2.29 bits per heavy atom. The molecule has 31 heavy (non-hydrogen) atoms. The molecule has 0 unspecified atom stereocenters. The molecule has 1 aliphatic rings. The molecular formula is C21H25N7O3. The summed E-state index contributed by atoms with van der Waals surface area (Å²) in [6.45, 7) is 7.43. The van der Waals surface area contributed by atoms with Crippen molar-refractivity contribution in [1.82, 2.24) is 29.9 Å². The van der Waals surface area contributed by atoms with E-state index >= 15 is 0 Å². The van der Waals surface area contributed by atoms with Crippen molar-refractivity contribution in [2.75, 3.05) is 44.3 Å². The van der Waals surface area contributed by atoms with Gasteiger partial charge >= 0.3 is 0 Å². The van der Waals surface area contributed by atoms with Gasteiger partial charge < -0.3 is 19.3 Å². The van der Waals surface area contributed by atoms with E-state index in [1.54, 1.807) is 29.2 Å². The van der Waals surface area contributed by atoms with Crippen molar-refractivity contribution in [1.29, 1.82) is 0 Å². The van der Waals surface area contributed by atoms with Crippen LogP contribution in [0.3, 0.4) is 0 Å². The van der Waals surface area contributed by atoms with Crippen LogP contribution in [0.5, 0.6) is 11.5 Å². The highest BCUT2D eigenvalue weighted by Crippen LogP contribution is 2.29. The highest BCUT2D eigenvalue weighted by atomic mass is 16.5. The molecule has 3 aromatic rings. The van der Waals surface area contributed by atoms with Gasteiger partial charge in [-0.25, -0.2) is 9.67 Å². The zero-order chi connectivity index (χ0) is 21.6. The van der Waals surface area contributed by atoms with Crippen molar-refractivity contribution in [2.24, 2.45) is 0 Å². The van der Waals surface area contributed by atoms with E-state index in [4.69, 9.17) is 9.47 Å². The summed E-state index contributed by atoms with van der Waals surface area (Å²) < 4.78 is 12.8. The van der Waals surface area contributed by atoms with Crippen molar-refractivity contribution in [3.8, 4) is 17.3 Å². The second-order valence-corrected chi connectivity index (χ2v) is 6.90. The topological polar surface area (TPSA) is 98.5 Å². The van der Waals surface area contributed by atoms with E-state index in [9.17, 15) is 4.79 Å². The van der Waals surface area contributed by atoms with Gasteiger partial charge in [-0.05, 0) is 44.2 Å². The van der Waals surface area contributed by atoms with Crippen LogP contribution >= 0.6 is 0 Å². The molecule has 0 radical (unpaired) electrons. The quantitative estimate of drug-likeness (QED) is 0.568. The molecule has 1 aromatic carbocycles. The van der Waals surface area contributed by atoms with Gasteiger partial charge in [-0.1, -0.05) is 0 Å². The molecule has 2 aromatic heterocycles. The lowest BCUT2D eigenvalue weighted by atomic mass is 10.1. The van der Waals surface area contributed by atoms with Gasteiger partial charge in [0.15, 0.2) is 23.1 Å². The summed E-state index contributed by atoms with van der Waals surface area (Å²) in [5.41, 5.74) is 0.595. The third kappa shape index (κ3) is 4.57. The summed E-state index contributed by atoms with van der Waals surface area (Å²) in [6, 6.07) is 9.10. The molecule has 0 N–H and O–H groups in total. The molecule has 10 heteroatoms.